The standard InChI is InChI=1S/C30H25FN2O2S/c31-28-12-5-4-9-26(28)30-25-11-6-10-24(25)27-19-23(17-18-29(27)32-30)36(34,35)33-22-15-13-21(14-16-22)20-7-2-1-3-8-20/h1-10,12-19,24-25,30,32-33H,11H2/t24-,25+,30-/m0/s1. The van der Waals surface area contributed by atoms with Gasteiger partial charge in [-0.1, -0.05) is 72.8 Å². The highest BCUT2D eigenvalue weighted by Crippen LogP contribution is 2.50. The molecule has 0 saturated heterocycles. The number of rotatable bonds is 5. The Morgan fingerprint density at radius 2 is 1.53 bits per heavy atom. The third-order valence-electron chi connectivity index (χ3n) is 7.13. The molecule has 180 valence electrons. The quantitative estimate of drug-likeness (QED) is 0.289. The average Bonchev–Trinajstić information content (AvgIpc) is 3.40. The molecule has 6 heteroatoms. The molecule has 0 saturated carbocycles. The van der Waals surface area contributed by atoms with Crippen molar-refractivity contribution >= 4 is 21.4 Å². The van der Waals surface area contributed by atoms with Crippen LogP contribution in [-0.4, -0.2) is 8.42 Å². The van der Waals surface area contributed by atoms with E-state index in [1.165, 1.54) is 6.07 Å². The van der Waals surface area contributed by atoms with Crippen LogP contribution >= 0.6 is 0 Å². The number of anilines is 2. The van der Waals surface area contributed by atoms with E-state index in [0.717, 1.165) is 28.8 Å². The van der Waals surface area contributed by atoms with Crippen molar-refractivity contribution in [1.82, 2.24) is 0 Å². The van der Waals surface area contributed by atoms with E-state index in [-0.39, 0.29) is 28.6 Å². The molecule has 6 rings (SSSR count). The van der Waals surface area contributed by atoms with E-state index >= 15 is 0 Å². The lowest BCUT2D eigenvalue weighted by Crippen LogP contribution is -2.30. The number of fused-ring (bicyclic) bond motifs is 3. The van der Waals surface area contributed by atoms with E-state index in [1.807, 2.05) is 54.6 Å². The van der Waals surface area contributed by atoms with Gasteiger partial charge < -0.3 is 5.32 Å². The van der Waals surface area contributed by atoms with Crippen molar-refractivity contribution in [3.8, 4) is 11.1 Å². The summed E-state index contributed by atoms with van der Waals surface area (Å²) in [6.07, 6.45) is 5.02. The zero-order chi connectivity index (χ0) is 24.7. The summed E-state index contributed by atoms with van der Waals surface area (Å²) in [5, 5.41) is 3.48. The minimum Gasteiger partial charge on any atom is -0.378 e. The highest BCUT2D eigenvalue weighted by atomic mass is 32.2. The third kappa shape index (κ3) is 4.07. The SMILES string of the molecule is O=S(=O)(Nc1ccc(-c2ccccc2)cc1)c1ccc2c(c1)[C@H]1C=CC[C@H]1[C@@H](c1ccccc1F)N2. The van der Waals surface area contributed by atoms with Crippen molar-refractivity contribution in [2.45, 2.75) is 23.3 Å². The Labute approximate surface area is 210 Å². The second-order valence-electron chi connectivity index (χ2n) is 9.29. The van der Waals surface area contributed by atoms with Crippen molar-refractivity contribution < 1.29 is 12.8 Å². The Morgan fingerprint density at radius 3 is 2.31 bits per heavy atom. The van der Waals surface area contributed by atoms with Gasteiger partial charge in [0.2, 0.25) is 0 Å². The molecule has 4 nitrogen and oxygen atoms in total. The van der Waals surface area contributed by atoms with E-state index in [0.29, 0.717) is 11.3 Å². The number of benzene rings is 4. The Morgan fingerprint density at radius 1 is 0.806 bits per heavy atom. The number of hydrogen-bond donors (Lipinski definition) is 2. The van der Waals surface area contributed by atoms with Crippen molar-refractivity contribution in [2.24, 2.45) is 5.92 Å². The van der Waals surface area contributed by atoms with Gasteiger partial charge >= 0.3 is 0 Å². The molecule has 2 aliphatic rings. The molecule has 0 bridgehead atoms. The van der Waals surface area contributed by atoms with E-state index in [2.05, 4.69) is 22.2 Å². The molecule has 0 unspecified atom stereocenters. The fourth-order valence-electron chi connectivity index (χ4n) is 5.35. The van der Waals surface area contributed by atoms with E-state index in [1.54, 1.807) is 36.4 Å². The summed E-state index contributed by atoms with van der Waals surface area (Å²) in [7, 11) is -3.79. The van der Waals surface area contributed by atoms with Gasteiger partial charge in [-0.15, -0.1) is 0 Å². The van der Waals surface area contributed by atoms with E-state index in [9.17, 15) is 12.8 Å². The predicted octanol–water partition coefficient (Wildman–Crippen LogP) is 7.12. The zero-order valence-electron chi connectivity index (χ0n) is 19.4. The lowest BCUT2D eigenvalue weighted by molar-refractivity contribution is 0.413. The van der Waals surface area contributed by atoms with Gasteiger partial charge in [-0.25, -0.2) is 12.8 Å². The van der Waals surface area contributed by atoms with Crippen LogP contribution in [0.3, 0.4) is 0 Å². The highest BCUT2D eigenvalue weighted by molar-refractivity contribution is 7.92. The zero-order valence-corrected chi connectivity index (χ0v) is 20.3. The van der Waals surface area contributed by atoms with E-state index < -0.39 is 10.0 Å². The third-order valence-corrected chi connectivity index (χ3v) is 8.51. The summed E-state index contributed by atoms with van der Waals surface area (Å²) >= 11 is 0. The Bertz CT molecular complexity index is 1550. The van der Waals surface area contributed by atoms with Crippen molar-refractivity contribution in [1.29, 1.82) is 0 Å². The summed E-state index contributed by atoms with van der Waals surface area (Å²) in [5.74, 6) is -0.0946. The maximum absolute atomic E-state index is 14.6. The molecule has 4 aromatic carbocycles. The van der Waals surface area contributed by atoms with E-state index in [4.69, 9.17) is 0 Å². The maximum Gasteiger partial charge on any atom is 0.261 e. The topological polar surface area (TPSA) is 58.2 Å². The molecule has 36 heavy (non-hydrogen) atoms. The van der Waals surface area contributed by atoms with Gasteiger partial charge in [0.25, 0.3) is 10.0 Å². The predicted molar refractivity (Wildman–Crippen MR) is 142 cm³/mol. The van der Waals surface area contributed by atoms with Crippen LogP contribution in [-0.2, 0) is 10.0 Å². The van der Waals surface area contributed by atoms with Crippen LogP contribution < -0.4 is 10.0 Å². The number of allylic oxidation sites excluding steroid dienone is 2. The van der Waals surface area contributed by atoms with Gasteiger partial charge in [0, 0.05) is 22.9 Å². The molecule has 1 aliphatic carbocycles. The normalized spacial score (nSPS) is 20.3. The van der Waals surface area contributed by atoms with Gasteiger partial charge in [-0.3, -0.25) is 4.72 Å². The van der Waals surface area contributed by atoms with Gasteiger partial charge in [-0.05, 0) is 65.4 Å². The van der Waals surface area contributed by atoms with Crippen molar-refractivity contribution in [2.75, 3.05) is 10.0 Å². The Hall–Kier alpha value is -3.90. The monoisotopic (exact) mass is 496 g/mol. The Kier molecular flexibility index (Phi) is 5.61. The molecule has 0 fully saturated rings. The molecule has 1 aliphatic heterocycles. The molecule has 0 aromatic heterocycles. The van der Waals surface area contributed by atoms with Crippen LogP contribution in [0.4, 0.5) is 15.8 Å². The molecule has 0 radical (unpaired) electrons. The molecule has 3 atom stereocenters. The molecule has 1 heterocycles. The molecule has 0 spiro atoms. The second kappa shape index (κ2) is 8.95. The summed E-state index contributed by atoms with van der Waals surface area (Å²) in [6.45, 7) is 0. The summed E-state index contributed by atoms with van der Waals surface area (Å²) < 4.78 is 43.8. The molecular weight excluding hydrogens is 471 g/mol. The molecular formula is C30H25FN2O2S. The van der Waals surface area contributed by atoms with Crippen LogP contribution in [0.15, 0.2) is 114 Å². The van der Waals surface area contributed by atoms with Gasteiger partial charge in [0.15, 0.2) is 0 Å². The minimum absolute atomic E-state index is 0.0196. The first-order chi connectivity index (χ1) is 17.5. The van der Waals surface area contributed by atoms with Crippen molar-refractivity contribution in [3.63, 3.8) is 0 Å². The van der Waals surface area contributed by atoms with Crippen LogP contribution in [0, 0.1) is 11.7 Å². The summed E-state index contributed by atoms with van der Waals surface area (Å²) in [5.41, 5.74) is 4.98. The summed E-state index contributed by atoms with van der Waals surface area (Å²) in [4.78, 5) is 0.207. The van der Waals surface area contributed by atoms with Gasteiger partial charge in [0.05, 0.1) is 10.9 Å². The molecule has 4 aromatic rings. The molecule has 0 amide bonds. The van der Waals surface area contributed by atoms with Gasteiger partial charge in [0.1, 0.15) is 5.82 Å². The van der Waals surface area contributed by atoms with Crippen LogP contribution in [0.2, 0.25) is 0 Å². The number of hydrogen-bond acceptors (Lipinski definition) is 3. The molecule has 2 N–H and O–H groups in total. The second-order valence-corrected chi connectivity index (χ2v) is 11.0. The number of halogens is 1. The summed E-state index contributed by atoms with van der Waals surface area (Å²) in [6, 6.07) is 29.1. The highest BCUT2D eigenvalue weighted by Gasteiger charge is 2.39. The van der Waals surface area contributed by atoms with Crippen LogP contribution in [0.1, 0.15) is 29.5 Å². The average molecular weight is 497 g/mol. The lowest BCUT2D eigenvalue weighted by atomic mass is 9.77. The van der Waals surface area contributed by atoms with Crippen molar-refractivity contribution in [3.05, 3.63) is 126 Å². The fraction of sp³-hybridized carbons (Fsp3) is 0.133. The largest absolute Gasteiger partial charge is 0.378 e. The fourth-order valence-corrected chi connectivity index (χ4v) is 6.44. The van der Waals surface area contributed by atoms with Crippen LogP contribution in [0.25, 0.3) is 11.1 Å². The first-order valence-corrected chi connectivity index (χ1v) is 13.5. The first-order valence-electron chi connectivity index (χ1n) is 12.0. The van der Waals surface area contributed by atoms with Gasteiger partial charge in [-0.2, -0.15) is 0 Å². The smallest absolute Gasteiger partial charge is 0.261 e. The first kappa shape index (κ1) is 22.6. The Balaban J connectivity index is 1.28. The maximum atomic E-state index is 14.6. The number of sulfonamides is 1. The van der Waals surface area contributed by atoms with Crippen LogP contribution in [0.5, 0.6) is 0 Å². The number of nitrogens with one attached hydrogen (secondary N) is 2. The lowest BCUT2D eigenvalue weighted by Gasteiger charge is -2.37. The minimum atomic E-state index is -3.79.